The van der Waals surface area contributed by atoms with Gasteiger partial charge < -0.3 is 15.7 Å². The van der Waals surface area contributed by atoms with Crippen molar-refractivity contribution in [2.24, 2.45) is 5.73 Å². The lowest BCUT2D eigenvalue weighted by Crippen LogP contribution is -2.55. The molecule has 0 saturated carbocycles. The van der Waals surface area contributed by atoms with E-state index in [1.165, 1.54) is 6.07 Å². The van der Waals surface area contributed by atoms with Crippen LogP contribution >= 0.6 is 0 Å². The van der Waals surface area contributed by atoms with Gasteiger partial charge >= 0.3 is 0 Å². The summed E-state index contributed by atoms with van der Waals surface area (Å²) in [4.78, 5) is 4.43. The quantitative estimate of drug-likeness (QED) is 0.860. The number of aliphatic hydroxyl groups is 1. The molecule has 1 aromatic carbocycles. The van der Waals surface area contributed by atoms with Crippen molar-refractivity contribution in [3.63, 3.8) is 0 Å². The summed E-state index contributed by atoms with van der Waals surface area (Å²) in [6.45, 7) is 3.29. The summed E-state index contributed by atoms with van der Waals surface area (Å²) in [6, 6.07) is 7.48. The highest BCUT2D eigenvalue weighted by Crippen LogP contribution is 2.26. The van der Waals surface area contributed by atoms with Gasteiger partial charge in [0.1, 0.15) is 5.82 Å². The van der Waals surface area contributed by atoms with Crippen LogP contribution in [-0.2, 0) is 0 Å². The number of hydrogen-bond acceptors (Lipinski definition) is 4. The van der Waals surface area contributed by atoms with Crippen LogP contribution in [0.4, 0.5) is 10.1 Å². The molecule has 2 atom stereocenters. The van der Waals surface area contributed by atoms with Gasteiger partial charge in [0.15, 0.2) is 0 Å². The maximum Gasteiger partial charge on any atom is 0.146 e. The van der Waals surface area contributed by atoms with Crippen LogP contribution in [0.5, 0.6) is 0 Å². The van der Waals surface area contributed by atoms with Crippen molar-refractivity contribution in [2.75, 3.05) is 31.1 Å². The number of hydrogen-bond donors (Lipinski definition) is 2. The van der Waals surface area contributed by atoms with Crippen LogP contribution in [0.3, 0.4) is 0 Å². The molecule has 2 aliphatic heterocycles. The average molecular weight is 293 g/mol. The number of nitrogens with two attached hydrogens (primary N) is 1. The maximum absolute atomic E-state index is 13.8. The third-order valence-electron chi connectivity index (χ3n) is 4.66. The first kappa shape index (κ1) is 14.8. The van der Waals surface area contributed by atoms with Gasteiger partial charge in [-0.2, -0.15) is 0 Å². The van der Waals surface area contributed by atoms with E-state index in [4.69, 9.17) is 5.73 Å². The number of rotatable bonds is 2. The second kappa shape index (κ2) is 6.30. The van der Waals surface area contributed by atoms with Crippen LogP contribution in [0.25, 0.3) is 0 Å². The Kier molecular flexibility index (Phi) is 4.42. The summed E-state index contributed by atoms with van der Waals surface area (Å²) in [6.07, 6.45) is 2.38. The van der Waals surface area contributed by atoms with Gasteiger partial charge in [-0.15, -0.1) is 0 Å². The molecular formula is C16H24FN3O. The number of aliphatic hydroxyl groups excluding tert-OH is 1. The number of halogens is 1. The van der Waals surface area contributed by atoms with Crippen LogP contribution < -0.4 is 10.6 Å². The minimum Gasteiger partial charge on any atom is -0.392 e. The molecule has 0 unspecified atom stereocenters. The third kappa shape index (κ3) is 3.36. The van der Waals surface area contributed by atoms with Crippen LogP contribution in [0.15, 0.2) is 24.3 Å². The van der Waals surface area contributed by atoms with Gasteiger partial charge in [-0.3, -0.25) is 4.90 Å². The zero-order valence-corrected chi connectivity index (χ0v) is 12.3. The van der Waals surface area contributed by atoms with Crippen LogP contribution in [-0.4, -0.2) is 54.4 Å². The number of anilines is 1. The van der Waals surface area contributed by atoms with E-state index in [0.717, 1.165) is 39.0 Å². The Hall–Kier alpha value is -1.17. The zero-order valence-electron chi connectivity index (χ0n) is 12.3. The topological polar surface area (TPSA) is 52.7 Å². The van der Waals surface area contributed by atoms with Crippen molar-refractivity contribution in [1.82, 2.24) is 4.90 Å². The molecule has 2 aliphatic rings. The van der Waals surface area contributed by atoms with Crippen molar-refractivity contribution in [2.45, 2.75) is 37.5 Å². The lowest BCUT2D eigenvalue weighted by Gasteiger charge is -2.43. The molecule has 0 aliphatic carbocycles. The van der Waals surface area contributed by atoms with Gasteiger partial charge in [0.25, 0.3) is 0 Å². The Balaban J connectivity index is 1.59. The fraction of sp³-hybridized carbons (Fsp3) is 0.625. The first-order valence-electron chi connectivity index (χ1n) is 7.80. The van der Waals surface area contributed by atoms with E-state index in [1.807, 2.05) is 12.1 Å². The first-order chi connectivity index (χ1) is 10.1. The SMILES string of the molecule is N[C@H]1C[C@@H](O)CN(C2CCN(c3ccccc3F)CC2)C1. The van der Waals surface area contributed by atoms with Crippen molar-refractivity contribution in [1.29, 1.82) is 0 Å². The van der Waals surface area contributed by atoms with E-state index in [1.54, 1.807) is 6.07 Å². The predicted molar refractivity (Wildman–Crippen MR) is 81.8 cm³/mol. The molecule has 116 valence electrons. The summed E-state index contributed by atoms with van der Waals surface area (Å²) >= 11 is 0. The van der Waals surface area contributed by atoms with E-state index in [-0.39, 0.29) is 18.0 Å². The summed E-state index contributed by atoms with van der Waals surface area (Å²) < 4.78 is 13.8. The lowest BCUT2D eigenvalue weighted by molar-refractivity contribution is 0.0305. The Bertz CT molecular complexity index is 466. The fourth-order valence-electron chi connectivity index (χ4n) is 3.62. The molecule has 2 saturated heterocycles. The van der Waals surface area contributed by atoms with Gasteiger partial charge in [0.05, 0.1) is 11.8 Å². The number of β-amino-alcohol motifs (C(OH)–C–C–N with tert-alkyl or cyclic N) is 1. The molecule has 2 heterocycles. The van der Waals surface area contributed by atoms with E-state index >= 15 is 0 Å². The van der Waals surface area contributed by atoms with Gasteiger partial charge in [-0.25, -0.2) is 4.39 Å². The van der Waals surface area contributed by atoms with Gasteiger partial charge in [0.2, 0.25) is 0 Å². The molecule has 0 amide bonds. The molecule has 3 N–H and O–H groups in total. The smallest absolute Gasteiger partial charge is 0.146 e. The zero-order chi connectivity index (χ0) is 14.8. The highest BCUT2D eigenvalue weighted by atomic mass is 19.1. The number of para-hydroxylation sites is 1. The summed E-state index contributed by atoms with van der Waals surface area (Å²) in [5.41, 5.74) is 6.70. The summed E-state index contributed by atoms with van der Waals surface area (Å²) in [5.74, 6) is -0.147. The van der Waals surface area contributed by atoms with Crippen molar-refractivity contribution in [3.05, 3.63) is 30.1 Å². The second-order valence-electron chi connectivity index (χ2n) is 6.27. The highest BCUT2D eigenvalue weighted by molar-refractivity contribution is 5.47. The molecule has 1 aromatic rings. The monoisotopic (exact) mass is 293 g/mol. The number of piperidine rings is 2. The largest absolute Gasteiger partial charge is 0.392 e. The van der Waals surface area contributed by atoms with Crippen molar-refractivity contribution < 1.29 is 9.50 Å². The van der Waals surface area contributed by atoms with Crippen molar-refractivity contribution >= 4 is 5.69 Å². The first-order valence-corrected chi connectivity index (χ1v) is 7.80. The Morgan fingerprint density at radius 3 is 2.52 bits per heavy atom. The molecule has 0 bridgehead atoms. The number of likely N-dealkylation sites (tertiary alicyclic amines) is 1. The van der Waals surface area contributed by atoms with E-state index in [2.05, 4.69) is 9.80 Å². The molecular weight excluding hydrogens is 269 g/mol. The minimum absolute atomic E-state index is 0.0679. The summed E-state index contributed by atoms with van der Waals surface area (Å²) in [7, 11) is 0. The van der Waals surface area contributed by atoms with E-state index in [9.17, 15) is 9.50 Å². The molecule has 5 heteroatoms. The second-order valence-corrected chi connectivity index (χ2v) is 6.27. The third-order valence-corrected chi connectivity index (χ3v) is 4.66. The Morgan fingerprint density at radius 2 is 1.86 bits per heavy atom. The molecule has 3 rings (SSSR count). The molecule has 0 spiro atoms. The van der Waals surface area contributed by atoms with Gasteiger partial charge in [-0.1, -0.05) is 12.1 Å². The normalized spacial score (nSPS) is 28.8. The Morgan fingerprint density at radius 1 is 1.14 bits per heavy atom. The standard InChI is InChI=1S/C16H24FN3O/c17-15-3-1-2-4-16(15)19-7-5-13(6-8-19)20-10-12(18)9-14(21)11-20/h1-4,12-14,21H,5-11,18H2/t12-,14+/m0/s1. The summed E-state index contributed by atoms with van der Waals surface area (Å²) in [5, 5.41) is 9.87. The molecule has 4 nitrogen and oxygen atoms in total. The Labute approximate surface area is 125 Å². The van der Waals surface area contributed by atoms with E-state index in [0.29, 0.717) is 18.2 Å². The number of benzene rings is 1. The molecule has 21 heavy (non-hydrogen) atoms. The number of nitrogens with zero attached hydrogens (tertiary/aromatic N) is 2. The molecule has 0 aromatic heterocycles. The fourth-order valence-corrected chi connectivity index (χ4v) is 3.62. The van der Waals surface area contributed by atoms with Crippen molar-refractivity contribution in [3.8, 4) is 0 Å². The minimum atomic E-state index is -0.307. The molecule has 0 radical (unpaired) electrons. The predicted octanol–water partition coefficient (Wildman–Crippen LogP) is 1.19. The maximum atomic E-state index is 13.8. The van der Waals surface area contributed by atoms with Gasteiger partial charge in [-0.05, 0) is 31.4 Å². The lowest BCUT2D eigenvalue weighted by atomic mass is 9.96. The van der Waals surface area contributed by atoms with Gasteiger partial charge in [0, 0.05) is 38.3 Å². The van der Waals surface area contributed by atoms with Crippen LogP contribution in [0, 0.1) is 5.82 Å². The van der Waals surface area contributed by atoms with E-state index < -0.39 is 0 Å². The van der Waals surface area contributed by atoms with Crippen LogP contribution in [0.2, 0.25) is 0 Å². The average Bonchev–Trinajstić information content (AvgIpc) is 2.47. The molecule has 2 fully saturated rings. The highest BCUT2D eigenvalue weighted by Gasteiger charge is 2.31. The van der Waals surface area contributed by atoms with Crippen LogP contribution in [0.1, 0.15) is 19.3 Å².